The molecule has 28 heavy (non-hydrogen) atoms. The number of benzene rings is 2. The molecule has 4 rings (SSSR count). The van der Waals surface area contributed by atoms with Crippen molar-refractivity contribution in [3.8, 4) is 17.1 Å². The van der Waals surface area contributed by atoms with Gasteiger partial charge in [-0.1, -0.05) is 12.1 Å². The Balaban J connectivity index is 1.76. The molecule has 1 saturated heterocycles. The molecule has 2 aromatic carbocycles. The molecule has 1 fully saturated rings. The number of H-pyrrole nitrogens is 1. The van der Waals surface area contributed by atoms with Crippen molar-refractivity contribution in [1.82, 2.24) is 19.1 Å². The summed E-state index contributed by atoms with van der Waals surface area (Å²) in [6.45, 7) is 5.29. The number of aryl methyl sites for hydroxylation is 1. The van der Waals surface area contributed by atoms with Gasteiger partial charge in [-0.2, -0.15) is 9.40 Å². The predicted molar refractivity (Wildman–Crippen MR) is 112 cm³/mol. The molecule has 3 aromatic rings. The first-order valence-corrected chi connectivity index (χ1v) is 11.1. The van der Waals surface area contributed by atoms with Crippen molar-refractivity contribution >= 4 is 22.2 Å². The van der Waals surface area contributed by atoms with Gasteiger partial charge in [0.15, 0.2) is 10.6 Å². The van der Waals surface area contributed by atoms with Crippen molar-refractivity contribution in [3.63, 3.8) is 0 Å². The molecule has 1 aliphatic heterocycles. The fourth-order valence-corrected chi connectivity index (χ4v) is 5.29. The summed E-state index contributed by atoms with van der Waals surface area (Å²) in [6, 6.07) is 12.9. The molecule has 0 bridgehead atoms. The minimum atomic E-state index is -3.43. The average molecular weight is 415 g/mol. The molecule has 0 spiro atoms. The second-order valence-electron chi connectivity index (χ2n) is 7.04. The summed E-state index contributed by atoms with van der Waals surface area (Å²) in [5.41, 5.74) is 4.05. The molecule has 6 nitrogen and oxygen atoms in total. The van der Waals surface area contributed by atoms with Gasteiger partial charge in [-0.15, -0.1) is 0 Å². The molecule has 8 heteroatoms. The lowest BCUT2D eigenvalue weighted by molar-refractivity contribution is 0.477. The van der Waals surface area contributed by atoms with E-state index < -0.39 is 10.0 Å². The highest BCUT2D eigenvalue weighted by molar-refractivity contribution is 7.89. The number of sulfonamides is 1. The number of hydrogen-bond acceptors (Lipinski definition) is 4. The molecule has 2 heterocycles. The maximum absolute atomic E-state index is 12.7. The summed E-state index contributed by atoms with van der Waals surface area (Å²) in [5.74, 6) is 0.656. The lowest BCUT2D eigenvalue weighted by Gasteiger charge is -2.16. The van der Waals surface area contributed by atoms with Crippen molar-refractivity contribution in [2.45, 2.75) is 31.6 Å². The lowest BCUT2D eigenvalue weighted by atomic mass is 10.1. The SMILES string of the molecule is Cc1cccc(-n2c(-c3ccc(S(=O)(=O)N4CCCC4)cc3)n[nH]c2=S)c1C. The highest BCUT2D eigenvalue weighted by atomic mass is 32.2. The highest BCUT2D eigenvalue weighted by Gasteiger charge is 2.27. The minimum Gasteiger partial charge on any atom is -0.268 e. The Morgan fingerprint density at radius 3 is 2.39 bits per heavy atom. The Kier molecular flexibility index (Phi) is 4.95. The van der Waals surface area contributed by atoms with Crippen LogP contribution in [0.25, 0.3) is 17.1 Å². The van der Waals surface area contributed by atoms with E-state index in [2.05, 4.69) is 30.1 Å². The molecule has 146 valence electrons. The molecular weight excluding hydrogens is 392 g/mol. The Morgan fingerprint density at radius 1 is 1.04 bits per heavy atom. The molecule has 1 aromatic heterocycles. The van der Waals surface area contributed by atoms with E-state index in [1.165, 1.54) is 5.56 Å². The largest absolute Gasteiger partial charge is 0.268 e. The summed E-state index contributed by atoms with van der Waals surface area (Å²) in [7, 11) is -3.43. The van der Waals surface area contributed by atoms with E-state index in [0.717, 1.165) is 29.7 Å². The Bertz CT molecular complexity index is 1170. The number of aromatic amines is 1. The molecule has 0 atom stereocenters. The smallest absolute Gasteiger partial charge is 0.243 e. The average Bonchev–Trinajstić information content (AvgIpc) is 3.35. The van der Waals surface area contributed by atoms with Crippen LogP contribution in [0.3, 0.4) is 0 Å². The van der Waals surface area contributed by atoms with Crippen LogP contribution in [0, 0.1) is 18.6 Å². The van der Waals surface area contributed by atoms with Gasteiger partial charge in [-0.25, -0.2) is 8.42 Å². The monoisotopic (exact) mass is 414 g/mol. The topological polar surface area (TPSA) is 71.0 Å². The van der Waals surface area contributed by atoms with Crippen LogP contribution in [-0.4, -0.2) is 40.6 Å². The van der Waals surface area contributed by atoms with Crippen molar-refractivity contribution in [3.05, 3.63) is 58.4 Å². The number of rotatable bonds is 4. The fourth-order valence-electron chi connectivity index (χ4n) is 3.55. The van der Waals surface area contributed by atoms with Crippen LogP contribution < -0.4 is 0 Å². The number of hydrogen-bond donors (Lipinski definition) is 1. The van der Waals surface area contributed by atoms with Gasteiger partial charge in [0.25, 0.3) is 0 Å². The summed E-state index contributed by atoms with van der Waals surface area (Å²) >= 11 is 5.46. The van der Waals surface area contributed by atoms with E-state index in [4.69, 9.17) is 12.2 Å². The molecule has 0 saturated carbocycles. The summed E-state index contributed by atoms with van der Waals surface area (Å²) < 4.78 is 29.4. The summed E-state index contributed by atoms with van der Waals surface area (Å²) in [5, 5.41) is 7.25. The highest BCUT2D eigenvalue weighted by Crippen LogP contribution is 2.27. The van der Waals surface area contributed by atoms with Crippen LogP contribution >= 0.6 is 12.2 Å². The fraction of sp³-hybridized carbons (Fsp3) is 0.300. The second kappa shape index (κ2) is 7.27. The quantitative estimate of drug-likeness (QED) is 0.655. The zero-order chi connectivity index (χ0) is 19.9. The molecule has 0 radical (unpaired) electrons. The van der Waals surface area contributed by atoms with Gasteiger partial charge in [-0.3, -0.25) is 9.67 Å². The third-order valence-electron chi connectivity index (χ3n) is 5.30. The van der Waals surface area contributed by atoms with Gasteiger partial charge in [0.2, 0.25) is 10.0 Å². The normalized spacial score (nSPS) is 15.2. The van der Waals surface area contributed by atoms with Crippen molar-refractivity contribution in [2.75, 3.05) is 13.1 Å². The summed E-state index contributed by atoms with van der Waals surface area (Å²) in [4.78, 5) is 0.311. The van der Waals surface area contributed by atoms with Crippen LogP contribution in [0.4, 0.5) is 0 Å². The summed E-state index contributed by atoms with van der Waals surface area (Å²) in [6.07, 6.45) is 1.84. The van der Waals surface area contributed by atoms with E-state index in [-0.39, 0.29) is 0 Å². The van der Waals surface area contributed by atoms with Crippen molar-refractivity contribution < 1.29 is 8.42 Å². The number of nitrogens with one attached hydrogen (secondary N) is 1. The van der Waals surface area contributed by atoms with Crippen molar-refractivity contribution in [2.24, 2.45) is 0 Å². The Hall–Kier alpha value is -2.29. The third-order valence-corrected chi connectivity index (χ3v) is 7.49. The maximum atomic E-state index is 12.7. The van der Waals surface area contributed by atoms with Crippen molar-refractivity contribution in [1.29, 1.82) is 0 Å². The van der Waals surface area contributed by atoms with Crippen LogP contribution in [0.1, 0.15) is 24.0 Å². The first kappa shape index (κ1) is 19.0. The first-order chi connectivity index (χ1) is 13.4. The van der Waals surface area contributed by atoms with E-state index >= 15 is 0 Å². The van der Waals surface area contributed by atoms with Crippen LogP contribution in [-0.2, 0) is 10.0 Å². The third kappa shape index (κ3) is 3.21. The number of aromatic nitrogens is 3. The molecule has 1 N–H and O–H groups in total. The van der Waals surface area contributed by atoms with Crippen LogP contribution in [0.15, 0.2) is 47.4 Å². The van der Waals surface area contributed by atoms with E-state index in [9.17, 15) is 8.42 Å². The predicted octanol–water partition coefficient (Wildman–Crippen LogP) is 4.00. The van der Waals surface area contributed by atoms with E-state index in [1.807, 2.05) is 16.7 Å². The molecular formula is C20H22N4O2S2. The lowest BCUT2D eigenvalue weighted by Crippen LogP contribution is -2.27. The van der Waals surface area contributed by atoms with Gasteiger partial charge in [-0.05, 0) is 80.4 Å². The standard InChI is InChI=1S/C20H22N4O2S2/c1-14-6-5-7-18(15(14)2)24-19(21-22-20(24)27)16-8-10-17(11-9-16)28(25,26)23-12-3-4-13-23/h5-11H,3-4,12-13H2,1-2H3,(H,22,27). The van der Waals surface area contributed by atoms with E-state index in [1.54, 1.807) is 28.6 Å². The zero-order valence-corrected chi connectivity index (χ0v) is 17.5. The Morgan fingerprint density at radius 2 is 1.71 bits per heavy atom. The minimum absolute atomic E-state index is 0.311. The van der Waals surface area contributed by atoms with Gasteiger partial charge in [0, 0.05) is 18.7 Å². The number of nitrogens with zero attached hydrogens (tertiary/aromatic N) is 3. The van der Waals surface area contributed by atoms with Crippen LogP contribution in [0.5, 0.6) is 0 Å². The van der Waals surface area contributed by atoms with Crippen LogP contribution in [0.2, 0.25) is 0 Å². The van der Waals surface area contributed by atoms with Gasteiger partial charge in [0.05, 0.1) is 10.6 Å². The Labute approximate surface area is 169 Å². The van der Waals surface area contributed by atoms with E-state index in [0.29, 0.717) is 28.6 Å². The first-order valence-electron chi connectivity index (χ1n) is 9.24. The molecule has 0 amide bonds. The van der Waals surface area contributed by atoms with Gasteiger partial charge in [0.1, 0.15) is 0 Å². The van der Waals surface area contributed by atoms with Gasteiger partial charge >= 0.3 is 0 Å². The molecule has 0 unspecified atom stereocenters. The maximum Gasteiger partial charge on any atom is 0.243 e. The zero-order valence-electron chi connectivity index (χ0n) is 15.8. The second-order valence-corrected chi connectivity index (χ2v) is 9.37. The molecule has 0 aliphatic carbocycles. The molecule has 1 aliphatic rings. The van der Waals surface area contributed by atoms with Gasteiger partial charge < -0.3 is 0 Å².